The predicted molar refractivity (Wildman–Crippen MR) is 121 cm³/mol. The van der Waals surface area contributed by atoms with Gasteiger partial charge in [0.05, 0.1) is 28.8 Å². The molecule has 3 rings (SSSR count). The van der Waals surface area contributed by atoms with Crippen molar-refractivity contribution in [2.45, 2.75) is 45.2 Å². The van der Waals surface area contributed by atoms with Crippen LogP contribution in [0.2, 0.25) is 0 Å². The fraction of sp³-hybridized carbons (Fsp3) is 0.409. The minimum absolute atomic E-state index is 0.115. The number of nitrogens with zero attached hydrogens (tertiary/aromatic N) is 1. The Kier molecular flexibility index (Phi) is 7.04. The fourth-order valence-electron chi connectivity index (χ4n) is 3.42. The maximum atomic E-state index is 14.8. The lowest BCUT2D eigenvalue weighted by molar-refractivity contribution is -0.00542. The Labute approximate surface area is 186 Å². The number of rotatable bonds is 6. The lowest BCUT2D eigenvalue weighted by Crippen LogP contribution is -2.45. The Morgan fingerprint density at radius 1 is 1.03 bits per heavy atom. The van der Waals surface area contributed by atoms with Crippen LogP contribution in [0.3, 0.4) is 0 Å². The third-order valence-corrected chi connectivity index (χ3v) is 6.86. The molecule has 0 bridgehead atoms. The van der Waals surface area contributed by atoms with Gasteiger partial charge in [-0.2, -0.15) is 0 Å². The molecule has 1 saturated heterocycles. The molecule has 2 N–H and O–H groups in total. The van der Waals surface area contributed by atoms with Crippen LogP contribution in [-0.4, -0.2) is 44.9 Å². The number of anilines is 3. The van der Waals surface area contributed by atoms with Gasteiger partial charge in [-0.25, -0.2) is 17.2 Å². The molecule has 0 spiro atoms. The Bertz CT molecular complexity index is 1080. The number of nitrogens with one attached hydrogen (secondary N) is 2. The molecule has 1 heterocycles. The number of amides is 1. The van der Waals surface area contributed by atoms with Crippen molar-refractivity contribution in [1.29, 1.82) is 0 Å². The second-order valence-electron chi connectivity index (χ2n) is 8.15. The van der Waals surface area contributed by atoms with E-state index >= 15 is 0 Å². The van der Waals surface area contributed by atoms with Gasteiger partial charge in [0.2, 0.25) is 10.0 Å². The van der Waals surface area contributed by atoms with E-state index in [0.29, 0.717) is 18.8 Å². The first kappa shape index (κ1) is 23.9. The van der Waals surface area contributed by atoms with Crippen LogP contribution in [0, 0.1) is 11.6 Å². The molecule has 0 radical (unpaired) electrons. The van der Waals surface area contributed by atoms with Gasteiger partial charge in [-0.1, -0.05) is 0 Å². The summed E-state index contributed by atoms with van der Waals surface area (Å²) >= 11 is 0. The molecule has 1 fully saturated rings. The molecule has 32 heavy (non-hydrogen) atoms. The molecule has 1 aliphatic heterocycles. The average Bonchev–Trinajstić information content (AvgIpc) is 2.71. The second-order valence-corrected chi connectivity index (χ2v) is 10.4. The number of morpholine rings is 1. The van der Waals surface area contributed by atoms with Gasteiger partial charge < -0.3 is 15.0 Å². The minimum atomic E-state index is -3.52. The van der Waals surface area contributed by atoms with Gasteiger partial charge in [0, 0.05) is 24.3 Å². The lowest BCUT2D eigenvalue weighted by Gasteiger charge is -2.37. The minimum Gasteiger partial charge on any atom is -0.372 e. The van der Waals surface area contributed by atoms with Gasteiger partial charge in [-0.3, -0.25) is 9.52 Å². The molecule has 1 amide bonds. The first-order valence-corrected chi connectivity index (χ1v) is 11.8. The van der Waals surface area contributed by atoms with E-state index in [1.54, 1.807) is 18.7 Å². The van der Waals surface area contributed by atoms with Gasteiger partial charge in [-0.05, 0) is 64.1 Å². The SMILES string of the molecule is CC1CN(c2ccc(NC(=O)c3ccc(NS(=O)(=O)C(C)C)cc3)c(F)c2F)CC(C)O1. The molecule has 2 unspecified atom stereocenters. The summed E-state index contributed by atoms with van der Waals surface area (Å²) in [4.78, 5) is 14.2. The lowest BCUT2D eigenvalue weighted by atomic mass is 10.1. The molecule has 10 heteroatoms. The molecule has 7 nitrogen and oxygen atoms in total. The van der Waals surface area contributed by atoms with Gasteiger partial charge in [-0.15, -0.1) is 0 Å². The molecular weight excluding hydrogens is 440 g/mol. The second kappa shape index (κ2) is 9.41. The summed E-state index contributed by atoms with van der Waals surface area (Å²) in [6.45, 7) is 7.68. The van der Waals surface area contributed by atoms with Gasteiger partial charge >= 0.3 is 0 Å². The maximum absolute atomic E-state index is 14.8. The van der Waals surface area contributed by atoms with E-state index in [9.17, 15) is 22.0 Å². The van der Waals surface area contributed by atoms with Crippen LogP contribution in [0.25, 0.3) is 0 Å². The molecule has 0 aliphatic carbocycles. The van der Waals surface area contributed by atoms with E-state index < -0.39 is 32.8 Å². The molecule has 2 atom stereocenters. The first-order chi connectivity index (χ1) is 15.0. The smallest absolute Gasteiger partial charge is 0.255 e. The van der Waals surface area contributed by atoms with Crippen LogP contribution in [0.1, 0.15) is 38.1 Å². The first-order valence-electron chi connectivity index (χ1n) is 10.3. The van der Waals surface area contributed by atoms with Crippen LogP contribution in [0.5, 0.6) is 0 Å². The Morgan fingerprint density at radius 2 is 1.62 bits per heavy atom. The monoisotopic (exact) mass is 467 g/mol. The highest BCUT2D eigenvalue weighted by Crippen LogP contribution is 2.29. The highest BCUT2D eigenvalue weighted by molar-refractivity contribution is 7.93. The largest absolute Gasteiger partial charge is 0.372 e. The Morgan fingerprint density at radius 3 is 2.19 bits per heavy atom. The van der Waals surface area contributed by atoms with E-state index in [2.05, 4.69) is 10.0 Å². The number of hydrogen-bond donors (Lipinski definition) is 2. The quantitative estimate of drug-likeness (QED) is 0.671. The molecule has 0 aromatic heterocycles. The van der Waals surface area contributed by atoms with Crippen molar-refractivity contribution in [3.8, 4) is 0 Å². The third kappa shape index (κ3) is 5.36. The zero-order chi connectivity index (χ0) is 23.6. The topological polar surface area (TPSA) is 87.7 Å². The number of hydrogen-bond acceptors (Lipinski definition) is 5. The number of carbonyl (C=O) groups excluding carboxylic acids is 1. The van der Waals surface area contributed by atoms with Crippen LogP contribution in [0.15, 0.2) is 36.4 Å². The summed E-state index contributed by atoms with van der Waals surface area (Å²) in [6.07, 6.45) is -0.234. The average molecular weight is 468 g/mol. The highest BCUT2D eigenvalue weighted by Gasteiger charge is 2.26. The van der Waals surface area contributed by atoms with E-state index in [0.717, 1.165) is 0 Å². The van der Waals surface area contributed by atoms with Crippen LogP contribution >= 0.6 is 0 Å². The summed E-state index contributed by atoms with van der Waals surface area (Å²) in [5, 5.41) is 1.75. The number of carbonyl (C=O) groups is 1. The number of benzene rings is 2. The van der Waals surface area contributed by atoms with Crippen LogP contribution in [-0.2, 0) is 14.8 Å². The standard InChI is InChI=1S/C22H27F2N3O4S/c1-13(2)32(29,30)26-17-7-5-16(6-8-17)22(28)25-18-9-10-19(21(24)20(18)23)27-11-14(3)31-15(4)12-27/h5-10,13-15,26H,11-12H2,1-4H3,(H,25,28). The molecule has 0 saturated carbocycles. The molecule has 2 aromatic carbocycles. The normalized spacial score (nSPS) is 19.2. The zero-order valence-electron chi connectivity index (χ0n) is 18.4. The van der Waals surface area contributed by atoms with E-state index in [1.165, 1.54) is 36.4 Å². The van der Waals surface area contributed by atoms with Gasteiger partial charge in [0.15, 0.2) is 11.6 Å². The summed E-state index contributed by atoms with van der Waals surface area (Å²) in [7, 11) is -3.52. The van der Waals surface area contributed by atoms with E-state index in [1.807, 2.05) is 13.8 Å². The van der Waals surface area contributed by atoms with Crippen molar-refractivity contribution in [3.63, 3.8) is 0 Å². The van der Waals surface area contributed by atoms with Crippen molar-refractivity contribution in [3.05, 3.63) is 53.6 Å². The van der Waals surface area contributed by atoms with E-state index in [4.69, 9.17) is 4.74 Å². The number of ether oxygens (including phenoxy) is 1. The molecule has 174 valence electrons. The van der Waals surface area contributed by atoms with Crippen molar-refractivity contribution >= 4 is 33.0 Å². The summed E-state index contributed by atoms with van der Waals surface area (Å²) in [5.74, 6) is -2.84. The summed E-state index contributed by atoms with van der Waals surface area (Å²) in [6, 6.07) is 8.40. The number of sulfonamides is 1. The van der Waals surface area contributed by atoms with Crippen molar-refractivity contribution in [2.24, 2.45) is 0 Å². The van der Waals surface area contributed by atoms with Crippen molar-refractivity contribution < 1.29 is 26.7 Å². The van der Waals surface area contributed by atoms with Gasteiger partial charge in [0.1, 0.15) is 0 Å². The van der Waals surface area contributed by atoms with Gasteiger partial charge in [0.25, 0.3) is 5.91 Å². The Balaban J connectivity index is 1.73. The summed E-state index contributed by atoms with van der Waals surface area (Å²) < 4.78 is 61.3. The van der Waals surface area contributed by atoms with Crippen molar-refractivity contribution in [1.82, 2.24) is 0 Å². The fourth-order valence-corrected chi connectivity index (χ4v) is 4.12. The van der Waals surface area contributed by atoms with Crippen molar-refractivity contribution in [2.75, 3.05) is 28.0 Å². The van der Waals surface area contributed by atoms with E-state index in [-0.39, 0.29) is 29.1 Å². The van der Waals surface area contributed by atoms with Crippen LogP contribution < -0.4 is 14.9 Å². The zero-order valence-corrected chi connectivity index (χ0v) is 19.2. The highest BCUT2D eigenvalue weighted by atomic mass is 32.2. The molecule has 2 aromatic rings. The Hall–Kier alpha value is -2.72. The third-order valence-electron chi connectivity index (χ3n) is 5.10. The molecule has 1 aliphatic rings. The number of halogens is 2. The summed E-state index contributed by atoms with van der Waals surface area (Å²) in [5.41, 5.74) is 0.294. The maximum Gasteiger partial charge on any atom is 0.255 e. The predicted octanol–water partition coefficient (Wildman–Crippen LogP) is 3.98. The molecular formula is C22H27F2N3O4S. The van der Waals surface area contributed by atoms with Crippen LogP contribution in [0.4, 0.5) is 25.8 Å².